The summed E-state index contributed by atoms with van der Waals surface area (Å²) in [4.78, 5) is 24.1. The average Bonchev–Trinajstić information content (AvgIpc) is 2.91. The van der Waals surface area contributed by atoms with Crippen LogP contribution in [-0.2, 0) is 16.4 Å². The number of rotatable bonds is 8. The van der Waals surface area contributed by atoms with Crippen molar-refractivity contribution in [1.82, 2.24) is 4.90 Å². The molecule has 1 aromatic rings. The van der Waals surface area contributed by atoms with E-state index in [4.69, 9.17) is 5.73 Å². The van der Waals surface area contributed by atoms with E-state index in [2.05, 4.69) is 0 Å². The molecule has 0 saturated carbocycles. The molecular weight excluding hydrogens is 346 g/mol. The number of nitrogens with two attached hydrogens (primary N) is 1. The summed E-state index contributed by atoms with van der Waals surface area (Å²) in [5.74, 6) is -0.480. The molecule has 138 valence electrons. The summed E-state index contributed by atoms with van der Waals surface area (Å²) < 4.78 is 23.6. The van der Waals surface area contributed by atoms with Crippen LogP contribution in [0.25, 0.3) is 0 Å². The van der Waals surface area contributed by atoms with E-state index in [1.165, 1.54) is 18.2 Å². The molecule has 0 bridgehead atoms. The minimum absolute atomic E-state index is 0.0824. The van der Waals surface area contributed by atoms with Crippen molar-refractivity contribution in [1.29, 1.82) is 0 Å². The zero-order valence-electron chi connectivity index (χ0n) is 14.2. The highest BCUT2D eigenvalue weighted by molar-refractivity contribution is 7.91. The van der Waals surface area contributed by atoms with Gasteiger partial charge in [0.05, 0.1) is 16.4 Å². The molecule has 1 aromatic carbocycles. The van der Waals surface area contributed by atoms with Crippen molar-refractivity contribution < 1.29 is 18.1 Å². The number of nitro benzene ring substituents is 1. The first-order valence-electron chi connectivity index (χ1n) is 8.25. The minimum Gasteiger partial charge on any atom is -0.366 e. The summed E-state index contributed by atoms with van der Waals surface area (Å²) in [7, 11) is -3.04. The Labute approximate surface area is 147 Å². The molecule has 1 heterocycles. The smallest absolute Gasteiger partial charge is 0.274 e. The highest BCUT2D eigenvalue weighted by Gasteiger charge is 2.33. The van der Waals surface area contributed by atoms with Gasteiger partial charge in [-0.25, -0.2) is 8.42 Å². The molecule has 25 heavy (non-hydrogen) atoms. The number of amides is 1. The fourth-order valence-corrected chi connectivity index (χ4v) is 4.82. The van der Waals surface area contributed by atoms with E-state index >= 15 is 0 Å². The first kappa shape index (κ1) is 19.3. The molecule has 0 aromatic heterocycles. The summed E-state index contributed by atoms with van der Waals surface area (Å²) in [6.45, 7) is 2.98. The minimum atomic E-state index is -3.04. The van der Waals surface area contributed by atoms with Gasteiger partial charge in [0.15, 0.2) is 9.84 Å². The standard InChI is InChI=1S/C16H23N3O5S/c1-2-3-7-18(14-6-8-25(23,24)11-14)10-13-5-4-12(16(17)20)9-15(13)19(21)22/h4-5,9,14H,2-3,6-8,10-11H2,1H3,(H2,17,20). The van der Waals surface area contributed by atoms with Gasteiger partial charge in [-0.3, -0.25) is 19.8 Å². The first-order valence-corrected chi connectivity index (χ1v) is 10.1. The van der Waals surface area contributed by atoms with E-state index < -0.39 is 20.7 Å². The third-order valence-electron chi connectivity index (χ3n) is 4.46. The average molecular weight is 369 g/mol. The number of primary amides is 1. The molecule has 1 aliphatic heterocycles. The Morgan fingerprint density at radius 3 is 2.68 bits per heavy atom. The number of hydrogen-bond acceptors (Lipinski definition) is 6. The summed E-state index contributed by atoms with van der Waals surface area (Å²) in [6, 6.07) is 4.04. The molecule has 0 spiro atoms. The quantitative estimate of drug-likeness (QED) is 0.547. The van der Waals surface area contributed by atoms with E-state index in [0.717, 1.165) is 12.8 Å². The maximum Gasteiger partial charge on any atom is 0.274 e. The monoisotopic (exact) mass is 369 g/mol. The normalized spacial score (nSPS) is 19.2. The zero-order chi connectivity index (χ0) is 18.6. The van der Waals surface area contributed by atoms with Crippen molar-refractivity contribution in [3.05, 3.63) is 39.4 Å². The molecular formula is C16H23N3O5S. The van der Waals surface area contributed by atoms with Gasteiger partial charge in [-0.2, -0.15) is 0 Å². The van der Waals surface area contributed by atoms with Gasteiger partial charge >= 0.3 is 0 Å². The van der Waals surface area contributed by atoms with Crippen molar-refractivity contribution in [2.24, 2.45) is 5.73 Å². The lowest BCUT2D eigenvalue weighted by molar-refractivity contribution is -0.385. The largest absolute Gasteiger partial charge is 0.366 e. The summed E-state index contributed by atoms with van der Waals surface area (Å²) in [5, 5.41) is 11.4. The van der Waals surface area contributed by atoms with E-state index in [1.807, 2.05) is 11.8 Å². The van der Waals surface area contributed by atoms with Crippen LogP contribution in [-0.4, -0.2) is 48.2 Å². The van der Waals surface area contributed by atoms with Crippen LogP contribution in [0.5, 0.6) is 0 Å². The third-order valence-corrected chi connectivity index (χ3v) is 6.21. The number of sulfone groups is 1. The molecule has 1 aliphatic rings. The molecule has 1 fully saturated rings. The van der Waals surface area contributed by atoms with Crippen molar-refractivity contribution >= 4 is 21.4 Å². The van der Waals surface area contributed by atoms with Crippen LogP contribution in [0, 0.1) is 10.1 Å². The Kier molecular flexibility index (Phi) is 6.12. The van der Waals surface area contributed by atoms with Crippen LogP contribution in [0.4, 0.5) is 5.69 Å². The number of carbonyl (C=O) groups is 1. The Bertz CT molecular complexity index is 763. The highest BCUT2D eigenvalue weighted by Crippen LogP contribution is 2.26. The van der Waals surface area contributed by atoms with Gasteiger partial charge in [0.1, 0.15) is 0 Å². The van der Waals surface area contributed by atoms with Crippen LogP contribution in [0.3, 0.4) is 0 Å². The van der Waals surface area contributed by atoms with Crippen molar-refractivity contribution in [3.63, 3.8) is 0 Å². The van der Waals surface area contributed by atoms with Gasteiger partial charge in [0.2, 0.25) is 5.91 Å². The number of hydrogen-bond donors (Lipinski definition) is 1. The first-order chi connectivity index (χ1) is 11.7. The van der Waals surface area contributed by atoms with Crippen LogP contribution in [0.2, 0.25) is 0 Å². The topological polar surface area (TPSA) is 124 Å². The number of nitrogens with zero attached hydrogens (tertiary/aromatic N) is 2. The molecule has 1 unspecified atom stereocenters. The maximum absolute atomic E-state index is 11.8. The second-order valence-electron chi connectivity index (χ2n) is 6.35. The van der Waals surface area contributed by atoms with E-state index in [0.29, 0.717) is 18.5 Å². The van der Waals surface area contributed by atoms with Gasteiger partial charge in [0.25, 0.3) is 5.69 Å². The van der Waals surface area contributed by atoms with Gasteiger partial charge in [-0.1, -0.05) is 19.4 Å². The SMILES string of the molecule is CCCCN(Cc1ccc(C(N)=O)cc1[N+](=O)[O-])C1CCS(=O)(=O)C1. The third kappa shape index (κ3) is 4.99. The van der Waals surface area contributed by atoms with Gasteiger partial charge in [-0.05, 0) is 25.5 Å². The Morgan fingerprint density at radius 1 is 1.44 bits per heavy atom. The fraction of sp³-hybridized carbons (Fsp3) is 0.562. The van der Waals surface area contributed by atoms with Gasteiger partial charge in [-0.15, -0.1) is 0 Å². The van der Waals surface area contributed by atoms with Crippen molar-refractivity contribution in [2.45, 2.75) is 38.8 Å². The zero-order valence-corrected chi connectivity index (χ0v) is 15.0. The van der Waals surface area contributed by atoms with E-state index in [-0.39, 0.29) is 35.3 Å². The Hall–Kier alpha value is -2.00. The lowest BCUT2D eigenvalue weighted by Crippen LogP contribution is -2.36. The van der Waals surface area contributed by atoms with Gasteiger partial charge < -0.3 is 5.73 Å². The number of nitro groups is 1. The summed E-state index contributed by atoms with van der Waals surface area (Å²) in [6.07, 6.45) is 2.36. The predicted octanol–water partition coefficient (Wildman–Crippen LogP) is 1.48. The molecule has 2 N–H and O–H groups in total. The second kappa shape index (κ2) is 7.92. The number of benzene rings is 1. The Morgan fingerprint density at radius 2 is 2.16 bits per heavy atom. The van der Waals surface area contributed by atoms with E-state index in [1.54, 1.807) is 0 Å². The lowest BCUT2D eigenvalue weighted by Gasteiger charge is -2.28. The maximum atomic E-state index is 11.8. The molecule has 2 rings (SSSR count). The summed E-state index contributed by atoms with van der Waals surface area (Å²) in [5.41, 5.74) is 5.56. The van der Waals surface area contributed by atoms with Crippen LogP contribution in [0.1, 0.15) is 42.1 Å². The van der Waals surface area contributed by atoms with Crippen LogP contribution < -0.4 is 5.73 Å². The molecule has 1 atom stereocenters. The Balaban J connectivity index is 2.28. The highest BCUT2D eigenvalue weighted by atomic mass is 32.2. The van der Waals surface area contributed by atoms with E-state index in [9.17, 15) is 23.3 Å². The van der Waals surface area contributed by atoms with Crippen molar-refractivity contribution in [3.8, 4) is 0 Å². The predicted molar refractivity (Wildman–Crippen MR) is 94.0 cm³/mol. The second-order valence-corrected chi connectivity index (χ2v) is 8.57. The number of unbranched alkanes of at least 4 members (excludes halogenated alkanes) is 1. The van der Waals surface area contributed by atoms with Gasteiger partial charge in [0, 0.05) is 29.8 Å². The lowest BCUT2D eigenvalue weighted by atomic mass is 10.1. The molecule has 1 saturated heterocycles. The summed E-state index contributed by atoms with van der Waals surface area (Å²) >= 11 is 0. The molecule has 0 radical (unpaired) electrons. The molecule has 0 aliphatic carbocycles. The van der Waals surface area contributed by atoms with Crippen LogP contribution >= 0.6 is 0 Å². The molecule has 9 heteroatoms. The number of carbonyl (C=O) groups excluding carboxylic acids is 1. The van der Waals surface area contributed by atoms with Crippen LogP contribution in [0.15, 0.2) is 18.2 Å². The molecule has 1 amide bonds. The van der Waals surface area contributed by atoms with Crippen molar-refractivity contribution in [2.75, 3.05) is 18.1 Å². The molecule has 8 nitrogen and oxygen atoms in total. The fourth-order valence-electron chi connectivity index (χ4n) is 3.05.